The normalized spacial score (nSPS) is 20.7. The van der Waals surface area contributed by atoms with Crippen LogP contribution in [0.2, 0.25) is 0 Å². The number of halogens is 3. The quantitative estimate of drug-likeness (QED) is 0.819. The van der Waals surface area contributed by atoms with Crippen molar-refractivity contribution >= 4 is 28.3 Å². The van der Waals surface area contributed by atoms with E-state index in [1.165, 1.54) is 0 Å². The Kier molecular flexibility index (Phi) is 6.27. The van der Waals surface area contributed by atoms with Crippen LogP contribution in [0, 0.1) is 11.6 Å². The Labute approximate surface area is 157 Å². The van der Waals surface area contributed by atoms with Gasteiger partial charge in [-0.25, -0.2) is 17.2 Å². The van der Waals surface area contributed by atoms with Crippen LogP contribution in [0.5, 0.6) is 0 Å². The first-order chi connectivity index (χ1) is 11.7. The first kappa shape index (κ1) is 21.0. The minimum absolute atomic E-state index is 0. The van der Waals surface area contributed by atoms with Crippen LogP contribution in [0.1, 0.15) is 25.7 Å². The van der Waals surface area contributed by atoms with E-state index in [1.807, 2.05) is 0 Å². The molecule has 1 saturated heterocycles. The summed E-state index contributed by atoms with van der Waals surface area (Å²) in [5, 5.41) is 0. The lowest BCUT2D eigenvalue weighted by Crippen LogP contribution is -2.59. The number of nitrogens with two attached hydrogens (primary N) is 1. The zero-order valence-corrected chi connectivity index (χ0v) is 15.8. The minimum Gasteiger partial charge on any atom is -0.338 e. The van der Waals surface area contributed by atoms with Gasteiger partial charge in [0.1, 0.15) is 16.5 Å². The molecule has 26 heavy (non-hydrogen) atoms. The van der Waals surface area contributed by atoms with E-state index in [4.69, 9.17) is 5.73 Å². The molecule has 0 unspecified atom stereocenters. The second-order valence-corrected chi connectivity index (χ2v) is 8.54. The molecule has 0 spiro atoms. The minimum atomic E-state index is -4.07. The highest BCUT2D eigenvalue weighted by molar-refractivity contribution is 7.89. The summed E-state index contributed by atoms with van der Waals surface area (Å²) in [4.78, 5) is 13.6. The summed E-state index contributed by atoms with van der Waals surface area (Å²) < 4.78 is 53.0. The van der Waals surface area contributed by atoms with Crippen LogP contribution in [-0.4, -0.2) is 55.2 Å². The molecule has 2 aliphatic rings. The predicted molar refractivity (Wildman–Crippen MR) is 94.3 cm³/mol. The van der Waals surface area contributed by atoms with Crippen molar-refractivity contribution in [3.8, 4) is 0 Å². The highest BCUT2D eigenvalue weighted by atomic mass is 35.5. The second-order valence-electron chi connectivity index (χ2n) is 6.63. The molecule has 0 radical (unpaired) electrons. The van der Waals surface area contributed by atoms with Gasteiger partial charge in [0, 0.05) is 32.2 Å². The van der Waals surface area contributed by atoms with Crippen molar-refractivity contribution in [1.82, 2.24) is 9.21 Å². The Morgan fingerprint density at radius 1 is 1.08 bits per heavy atom. The molecule has 0 aromatic heterocycles. The molecular formula is C16H22ClF2N3O3S. The summed E-state index contributed by atoms with van der Waals surface area (Å²) in [5.41, 5.74) is 5.33. The van der Waals surface area contributed by atoms with E-state index in [0.29, 0.717) is 18.9 Å². The molecule has 10 heteroatoms. The second kappa shape index (κ2) is 7.75. The maximum absolute atomic E-state index is 13.8. The molecule has 1 saturated carbocycles. The van der Waals surface area contributed by atoms with E-state index in [-0.39, 0.29) is 44.5 Å². The number of carbonyl (C=O) groups is 1. The third-order valence-corrected chi connectivity index (χ3v) is 6.89. The van der Waals surface area contributed by atoms with Crippen molar-refractivity contribution in [2.45, 2.75) is 36.1 Å². The van der Waals surface area contributed by atoms with Crippen molar-refractivity contribution in [3.05, 3.63) is 29.8 Å². The summed E-state index contributed by atoms with van der Waals surface area (Å²) in [6.07, 6.45) is 3.12. The molecular weight excluding hydrogens is 388 g/mol. The number of amides is 1. The Morgan fingerprint density at radius 3 is 2.19 bits per heavy atom. The number of carbonyl (C=O) groups excluding carboxylic acids is 1. The fourth-order valence-corrected chi connectivity index (χ4v) is 4.96. The van der Waals surface area contributed by atoms with Gasteiger partial charge in [-0.1, -0.05) is 12.8 Å². The lowest BCUT2D eigenvalue weighted by molar-refractivity contribution is -0.138. The van der Waals surface area contributed by atoms with Crippen molar-refractivity contribution in [2.75, 3.05) is 26.2 Å². The third kappa shape index (κ3) is 3.85. The first-order valence-corrected chi connectivity index (χ1v) is 9.71. The van der Waals surface area contributed by atoms with Crippen molar-refractivity contribution in [3.63, 3.8) is 0 Å². The van der Waals surface area contributed by atoms with Gasteiger partial charge in [0.05, 0.1) is 5.54 Å². The van der Waals surface area contributed by atoms with Crippen LogP contribution in [0.3, 0.4) is 0 Å². The van der Waals surface area contributed by atoms with Gasteiger partial charge in [-0.2, -0.15) is 4.31 Å². The van der Waals surface area contributed by atoms with Crippen LogP contribution in [0.15, 0.2) is 23.1 Å². The standard InChI is InChI=1S/C16H21F2N3O3S.ClH/c17-12-3-4-14(13(18)11-12)25(23,24)21-9-7-20(8-10-21)15(22)16(19)5-1-2-6-16;/h3-4,11H,1-2,5-10,19H2;1H. The fraction of sp³-hybridized carbons (Fsp3) is 0.562. The van der Waals surface area contributed by atoms with Gasteiger partial charge in [-0.3, -0.25) is 4.79 Å². The molecule has 1 aromatic rings. The van der Waals surface area contributed by atoms with Gasteiger partial charge in [0.25, 0.3) is 0 Å². The van der Waals surface area contributed by atoms with Crippen molar-refractivity contribution in [2.24, 2.45) is 5.73 Å². The van der Waals surface area contributed by atoms with E-state index in [9.17, 15) is 22.0 Å². The molecule has 1 aliphatic carbocycles. The third-order valence-electron chi connectivity index (χ3n) is 4.96. The van der Waals surface area contributed by atoms with Crippen molar-refractivity contribution in [1.29, 1.82) is 0 Å². The number of hydrogen-bond donors (Lipinski definition) is 1. The Hall–Kier alpha value is -1.29. The zero-order valence-electron chi connectivity index (χ0n) is 14.2. The molecule has 6 nitrogen and oxygen atoms in total. The number of piperazine rings is 1. The molecule has 146 valence electrons. The Balaban J connectivity index is 0.00000243. The molecule has 0 atom stereocenters. The van der Waals surface area contributed by atoms with Crippen molar-refractivity contribution < 1.29 is 22.0 Å². The lowest BCUT2D eigenvalue weighted by Gasteiger charge is -2.37. The molecule has 0 bridgehead atoms. The smallest absolute Gasteiger partial charge is 0.246 e. The molecule has 1 heterocycles. The summed E-state index contributed by atoms with van der Waals surface area (Å²) in [6.45, 7) is 0.529. The molecule has 2 N–H and O–H groups in total. The SMILES string of the molecule is Cl.NC1(C(=O)N2CCN(S(=O)(=O)c3ccc(F)cc3F)CC2)CCCC1. The summed E-state index contributed by atoms with van der Waals surface area (Å²) in [6, 6.07) is 2.38. The van der Waals surface area contributed by atoms with E-state index in [1.54, 1.807) is 4.90 Å². The van der Waals surface area contributed by atoms with E-state index in [0.717, 1.165) is 29.3 Å². The number of rotatable bonds is 3. The molecule has 1 amide bonds. The number of nitrogens with zero attached hydrogens (tertiary/aromatic N) is 2. The number of sulfonamides is 1. The van der Waals surface area contributed by atoms with Crippen LogP contribution in [0.25, 0.3) is 0 Å². The van der Waals surface area contributed by atoms with E-state index >= 15 is 0 Å². The summed E-state index contributed by atoms with van der Waals surface area (Å²) >= 11 is 0. The van der Waals surface area contributed by atoms with E-state index in [2.05, 4.69) is 0 Å². The predicted octanol–water partition coefficient (Wildman–Crippen LogP) is 1.49. The van der Waals surface area contributed by atoms with Gasteiger partial charge in [0.2, 0.25) is 15.9 Å². The van der Waals surface area contributed by atoms with Gasteiger partial charge in [-0.05, 0) is 25.0 Å². The first-order valence-electron chi connectivity index (χ1n) is 8.27. The monoisotopic (exact) mass is 409 g/mol. The summed E-state index contributed by atoms with van der Waals surface area (Å²) in [5.74, 6) is -2.10. The van der Waals surface area contributed by atoms with E-state index < -0.39 is 32.1 Å². The topological polar surface area (TPSA) is 83.7 Å². The average Bonchev–Trinajstić information content (AvgIpc) is 3.02. The van der Waals surface area contributed by atoms with Gasteiger partial charge < -0.3 is 10.6 Å². The molecule has 1 aromatic carbocycles. The van der Waals surface area contributed by atoms with Gasteiger partial charge in [0.15, 0.2) is 0 Å². The number of hydrogen-bond acceptors (Lipinski definition) is 4. The molecule has 3 rings (SSSR count). The van der Waals surface area contributed by atoms with Crippen LogP contribution in [0.4, 0.5) is 8.78 Å². The number of benzene rings is 1. The van der Waals surface area contributed by atoms with Crippen LogP contribution in [-0.2, 0) is 14.8 Å². The highest BCUT2D eigenvalue weighted by Gasteiger charge is 2.41. The summed E-state index contributed by atoms with van der Waals surface area (Å²) in [7, 11) is -4.07. The maximum atomic E-state index is 13.8. The average molecular weight is 410 g/mol. The lowest BCUT2D eigenvalue weighted by atomic mass is 9.97. The highest BCUT2D eigenvalue weighted by Crippen LogP contribution is 2.30. The van der Waals surface area contributed by atoms with Gasteiger partial charge in [-0.15, -0.1) is 12.4 Å². The van der Waals surface area contributed by atoms with Crippen LogP contribution < -0.4 is 5.73 Å². The Morgan fingerprint density at radius 2 is 1.65 bits per heavy atom. The zero-order chi connectivity index (χ0) is 18.2. The molecule has 1 aliphatic heterocycles. The van der Waals surface area contributed by atoms with Gasteiger partial charge >= 0.3 is 0 Å². The molecule has 2 fully saturated rings. The van der Waals surface area contributed by atoms with Crippen LogP contribution >= 0.6 is 12.4 Å². The maximum Gasteiger partial charge on any atom is 0.246 e. The fourth-order valence-electron chi connectivity index (χ4n) is 3.49. The largest absolute Gasteiger partial charge is 0.338 e. The Bertz CT molecular complexity index is 777.